The third kappa shape index (κ3) is 2.76. The Morgan fingerprint density at radius 1 is 1.44 bits per heavy atom. The first-order chi connectivity index (χ1) is 8.39. The lowest BCUT2D eigenvalue weighted by atomic mass is 10.2. The molecule has 1 aliphatic heterocycles. The summed E-state index contributed by atoms with van der Waals surface area (Å²) in [5.74, 6) is -1.10. The van der Waals surface area contributed by atoms with Gasteiger partial charge < -0.3 is 9.84 Å². The van der Waals surface area contributed by atoms with E-state index < -0.39 is 21.9 Å². The zero-order chi connectivity index (χ0) is 13.3. The molecule has 0 spiro atoms. The third-order valence-corrected chi connectivity index (χ3v) is 4.73. The molecular formula is C11H11ClO5S. The molecule has 1 aromatic carbocycles. The lowest BCUT2D eigenvalue weighted by Gasteiger charge is -2.14. The highest BCUT2D eigenvalue weighted by Crippen LogP contribution is 2.29. The van der Waals surface area contributed by atoms with E-state index in [9.17, 15) is 13.2 Å². The standard InChI is InChI=1S/C11H11ClO5S/c12-8-2-1-3-9(10(8)11(13)14)17-7-4-5-18(15,16)6-7/h1-3,7H,4-6H2,(H,13,14). The molecule has 1 heterocycles. The predicted molar refractivity (Wildman–Crippen MR) is 66.1 cm³/mol. The number of carboxylic acids is 1. The largest absolute Gasteiger partial charge is 0.488 e. The molecule has 1 atom stereocenters. The summed E-state index contributed by atoms with van der Waals surface area (Å²) in [5.41, 5.74) is -0.136. The van der Waals surface area contributed by atoms with Crippen LogP contribution in [0.1, 0.15) is 16.8 Å². The van der Waals surface area contributed by atoms with Gasteiger partial charge in [-0.2, -0.15) is 0 Å². The van der Waals surface area contributed by atoms with Gasteiger partial charge >= 0.3 is 5.97 Å². The average Bonchev–Trinajstić information content (AvgIpc) is 2.57. The molecule has 7 heteroatoms. The van der Waals surface area contributed by atoms with Crippen molar-refractivity contribution in [2.24, 2.45) is 0 Å². The van der Waals surface area contributed by atoms with Crippen molar-refractivity contribution >= 4 is 27.4 Å². The highest BCUT2D eigenvalue weighted by molar-refractivity contribution is 7.91. The summed E-state index contributed by atoms with van der Waals surface area (Å²) in [6.45, 7) is 0. The van der Waals surface area contributed by atoms with Gasteiger partial charge in [0.15, 0.2) is 9.84 Å². The second kappa shape index (κ2) is 4.78. The van der Waals surface area contributed by atoms with Crippen LogP contribution >= 0.6 is 11.6 Å². The first kappa shape index (κ1) is 13.2. The molecule has 0 saturated carbocycles. The molecule has 5 nitrogen and oxygen atoms in total. The van der Waals surface area contributed by atoms with Crippen molar-refractivity contribution in [3.05, 3.63) is 28.8 Å². The summed E-state index contributed by atoms with van der Waals surface area (Å²) in [7, 11) is -3.06. The topological polar surface area (TPSA) is 80.7 Å². The highest BCUT2D eigenvalue weighted by atomic mass is 35.5. The van der Waals surface area contributed by atoms with E-state index in [0.29, 0.717) is 6.42 Å². The Bertz CT molecular complexity index is 581. The van der Waals surface area contributed by atoms with Crippen LogP contribution in [0.25, 0.3) is 0 Å². The van der Waals surface area contributed by atoms with Crippen LogP contribution in [-0.4, -0.2) is 37.1 Å². The van der Waals surface area contributed by atoms with Crippen molar-refractivity contribution in [1.82, 2.24) is 0 Å². The van der Waals surface area contributed by atoms with Crippen molar-refractivity contribution in [1.29, 1.82) is 0 Å². The molecule has 1 unspecified atom stereocenters. The van der Waals surface area contributed by atoms with Crippen molar-refractivity contribution in [3.8, 4) is 5.75 Å². The zero-order valence-electron chi connectivity index (χ0n) is 9.30. The predicted octanol–water partition coefficient (Wildman–Crippen LogP) is 1.60. The van der Waals surface area contributed by atoms with Crippen LogP contribution in [0.3, 0.4) is 0 Å². The fourth-order valence-electron chi connectivity index (χ4n) is 1.84. The zero-order valence-corrected chi connectivity index (χ0v) is 10.9. The number of benzene rings is 1. The first-order valence-electron chi connectivity index (χ1n) is 5.28. The second-order valence-electron chi connectivity index (χ2n) is 4.06. The Kier molecular flexibility index (Phi) is 3.49. The van der Waals surface area contributed by atoms with Gasteiger partial charge in [0.1, 0.15) is 17.4 Å². The van der Waals surface area contributed by atoms with Crippen molar-refractivity contribution in [2.75, 3.05) is 11.5 Å². The van der Waals surface area contributed by atoms with Gasteiger partial charge in [-0.3, -0.25) is 0 Å². The van der Waals surface area contributed by atoms with Gasteiger partial charge in [0, 0.05) is 0 Å². The SMILES string of the molecule is O=C(O)c1c(Cl)cccc1OC1CCS(=O)(=O)C1. The monoisotopic (exact) mass is 290 g/mol. The fraction of sp³-hybridized carbons (Fsp3) is 0.364. The molecule has 0 aliphatic carbocycles. The Morgan fingerprint density at radius 2 is 2.17 bits per heavy atom. The smallest absolute Gasteiger partial charge is 0.341 e. The van der Waals surface area contributed by atoms with Crippen LogP contribution in [-0.2, 0) is 9.84 Å². The summed E-state index contributed by atoms with van der Waals surface area (Å²) in [6, 6.07) is 4.48. The van der Waals surface area contributed by atoms with Crippen LogP contribution in [0.2, 0.25) is 5.02 Å². The van der Waals surface area contributed by atoms with E-state index >= 15 is 0 Å². The van der Waals surface area contributed by atoms with Gasteiger partial charge in [-0.25, -0.2) is 13.2 Å². The minimum Gasteiger partial charge on any atom is -0.488 e. The summed E-state index contributed by atoms with van der Waals surface area (Å²) in [6.07, 6.45) is -0.139. The molecule has 0 radical (unpaired) electrons. The van der Waals surface area contributed by atoms with Crippen molar-refractivity contribution in [3.63, 3.8) is 0 Å². The van der Waals surface area contributed by atoms with E-state index in [4.69, 9.17) is 21.4 Å². The van der Waals surface area contributed by atoms with Gasteiger partial charge in [0.2, 0.25) is 0 Å². The molecule has 1 N–H and O–H groups in total. The van der Waals surface area contributed by atoms with E-state index in [2.05, 4.69) is 0 Å². The van der Waals surface area contributed by atoms with Gasteiger partial charge in [0.25, 0.3) is 0 Å². The lowest BCUT2D eigenvalue weighted by Crippen LogP contribution is -2.19. The van der Waals surface area contributed by atoms with Gasteiger partial charge in [-0.05, 0) is 18.6 Å². The number of ether oxygens (including phenoxy) is 1. The molecule has 0 aromatic heterocycles. The molecule has 1 aromatic rings. The molecule has 18 heavy (non-hydrogen) atoms. The number of hydrogen-bond donors (Lipinski definition) is 1. The van der Waals surface area contributed by atoms with Crippen molar-refractivity contribution < 1.29 is 23.1 Å². The van der Waals surface area contributed by atoms with E-state index in [-0.39, 0.29) is 27.8 Å². The molecule has 98 valence electrons. The summed E-state index contributed by atoms with van der Waals surface area (Å²) >= 11 is 5.79. The maximum atomic E-state index is 11.3. The number of carbonyl (C=O) groups is 1. The molecule has 1 aliphatic rings. The van der Waals surface area contributed by atoms with Crippen molar-refractivity contribution in [2.45, 2.75) is 12.5 Å². The van der Waals surface area contributed by atoms with E-state index in [0.717, 1.165) is 0 Å². The maximum absolute atomic E-state index is 11.3. The third-order valence-electron chi connectivity index (χ3n) is 2.67. The number of halogens is 1. The normalized spacial score (nSPS) is 21.7. The molecule has 0 bridgehead atoms. The molecule has 0 amide bonds. The maximum Gasteiger partial charge on any atom is 0.341 e. The Balaban J connectivity index is 2.25. The van der Waals surface area contributed by atoms with Crippen LogP contribution in [0.5, 0.6) is 5.75 Å². The van der Waals surface area contributed by atoms with Gasteiger partial charge in [-0.1, -0.05) is 17.7 Å². The van der Waals surface area contributed by atoms with E-state index in [1.54, 1.807) is 6.07 Å². The second-order valence-corrected chi connectivity index (χ2v) is 6.70. The molecule has 1 saturated heterocycles. The van der Waals surface area contributed by atoms with Gasteiger partial charge in [-0.15, -0.1) is 0 Å². The van der Waals surface area contributed by atoms with Gasteiger partial charge in [0.05, 0.1) is 16.5 Å². The van der Waals surface area contributed by atoms with Crippen LogP contribution < -0.4 is 4.74 Å². The van der Waals surface area contributed by atoms with Crippen LogP contribution in [0, 0.1) is 0 Å². The summed E-state index contributed by atoms with van der Waals surface area (Å²) in [5, 5.41) is 9.11. The quantitative estimate of drug-likeness (QED) is 0.914. The number of rotatable bonds is 3. The molecule has 2 rings (SSSR count). The van der Waals surface area contributed by atoms with E-state index in [1.807, 2.05) is 0 Å². The number of sulfone groups is 1. The lowest BCUT2D eigenvalue weighted by molar-refractivity contribution is 0.0690. The van der Waals surface area contributed by atoms with Crippen LogP contribution in [0.4, 0.5) is 0 Å². The Labute approximate surface area is 109 Å². The molecular weight excluding hydrogens is 280 g/mol. The summed E-state index contributed by atoms with van der Waals surface area (Å²) < 4.78 is 28.0. The number of hydrogen-bond acceptors (Lipinski definition) is 4. The Hall–Kier alpha value is -1.27. The average molecular weight is 291 g/mol. The number of carboxylic acid groups (broad SMARTS) is 1. The summed E-state index contributed by atoms with van der Waals surface area (Å²) in [4.78, 5) is 11.1. The minimum atomic E-state index is -3.06. The number of aromatic carboxylic acids is 1. The fourth-order valence-corrected chi connectivity index (χ4v) is 3.68. The minimum absolute atomic E-state index is 0.0701. The van der Waals surface area contributed by atoms with Crippen LogP contribution in [0.15, 0.2) is 18.2 Å². The first-order valence-corrected chi connectivity index (χ1v) is 7.48. The Morgan fingerprint density at radius 3 is 2.72 bits per heavy atom. The van der Waals surface area contributed by atoms with E-state index in [1.165, 1.54) is 12.1 Å². The molecule has 1 fully saturated rings. The highest BCUT2D eigenvalue weighted by Gasteiger charge is 2.30.